The van der Waals surface area contributed by atoms with E-state index in [0.29, 0.717) is 0 Å². The Kier molecular flexibility index (Phi) is 4.56. The molecule has 1 amide bonds. The zero-order chi connectivity index (χ0) is 17.9. The van der Waals surface area contributed by atoms with Crippen molar-refractivity contribution in [2.75, 3.05) is 6.54 Å². The van der Waals surface area contributed by atoms with Crippen molar-refractivity contribution >= 4 is 5.91 Å². The van der Waals surface area contributed by atoms with Gasteiger partial charge in [0.25, 0.3) is 5.91 Å². The van der Waals surface area contributed by atoms with Gasteiger partial charge in [-0.15, -0.1) is 0 Å². The first kappa shape index (κ1) is 16.6. The molecule has 3 aromatic rings. The van der Waals surface area contributed by atoms with Crippen LogP contribution in [0, 0.1) is 6.92 Å². The maximum absolute atomic E-state index is 13.0. The third-order valence-electron chi connectivity index (χ3n) is 4.92. The first-order valence-corrected chi connectivity index (χ1v) is 9.04. The van der Waals surface area contributed by atoms with Gasteiger partial charge in [0.15, 0.2) is 0 Å². The molecule has 1 unspecified atom stereocenters. The van der Waals surface area contributed by atoms with Gasteiger partial charge in [0.2, 0.25) is 0 Å². The third kappa shape index (κ3) is 3.54. The molecule has 1 aromatic carbocycles. The number of benzene rings is 1. The fourth-order valence-corrected chi connectivity index (χ4v) is 3.59. The van der Waals surface area contributed by atoms with E-state index in [1.807, 2.05) is 63.9 Å². The Hall–Kier alpha value is -2.89. The summed E-state index contributed by atoms with van der Waals surface area (Å²) in [6.45, 7) is 4.38. The van der Waals surface area contributed by atoms with E-state index < -0.39 is 0 Å². The van der Waals surface area contributed by atoms with Crippen molar-refractivity contribution in [1.29, 1.82) is 0 Å². The van der Waals surface area contributed by atoms with Crippen LogP contribution in [0.25, 0.3) is 0 Å². The molecule has 0 radical (unpaired) electrons. The fourth-order valence-electron chi connectivity index (χ4n) is 3.59. The summed E-state index contributed by atoms with van der Waals surface area (Å²) in [5.41, 5.74) is 3.06. The van der Waals surface area contributed by atoms with E-state index in [0.717, 1.165) is 49.2 Å². The molecular formula is C20H23N5O. The van der Waals surface area contributed by atoms with Crippen LogP contribution in [0.2, 0.25) is 0 Å². The Balaban J connectivity index is 1.44. The van der Waals surface area contributed by atoms with Crippen LogP contribution in [0.4, 0.5) is 0 Å². The first-order valence-electron chi connectivity index (χ1n) is 9.04. The monoisotopic (exact) mass is 349 g/mol. The van der Waals surface area contributed by atoms with E-state index in [4.69, 9.17) is 0 Å². The maximum atomic E-state index is 13.0. The average Bonchev–Trinajstić information content (AvgIpc) is 3.38. The molecule has 0 N–H and O–H groups in total. The van der Waals surface area contributed by atoms with Crippen molar-refractivity contribution in [2.45, 2.75) is 38.9 Å². The number of aryl methyl sites for hydroxylation is 1. The molecule has 2 aromatic heterocycles. The molecule has 6 heteroatoms. The van der Waals surface area contributed by atoms with Crippen LogP contribution in [0.1, 0.15) is 34.3 Å². The van der Waals surface area contributed by atoms with Crippen LogP contribution in [0.3, 0.4) is 0 Å². The second-order valence-corrected chi connectivity index (χ2v) is 6.97. The lowest BCUT2D eigenvalue weighted by molar-refractivity contribution is 0.0721. The molecule has 6 nitrogen and oxygen atoms in total. The van der Waals surface area contributed by atoms with Gasteiger partial charge in [0.05, 0.1) is 25.1 Å². The molecule has 0 aliphatic carbocycles. The lowest BCUT2D eigenvalue weighted by atomic mass is 10.1. The lowest BCUT2D eigenvalue weighted by Crippen LogP contribution is -2.38. The van der Waals surface area contributed by atoms with Gasteiger partial charge >= 0.3 is 0 Å². The highest BCUT2D eigenvalue weighted by atomic mass is 16.2. The molecular weight excluding hydrogens is 326 g/mol. The molecule has 3 heterocycles. The highest BCUT2D eigenvalue weighted by Crippen LogP contribution is 2.22. The number of carbonyl (C=O) groups excluding carboxylic acids is 1. The number of likely N-dealkylation sites (tertiary alicyclic amines) is 1. The molecule has 1 aliphatic rings. The van der Waals surface area contributed by atoms with Crippen molar-refractivity contribution in [2.24, 2.45) is 0 Å². The van der Waals surface area contributed by atoms with Crippen LogP contribution < -0.4 is 0 Å². The van der Waals surface area contributed by atoms with E-state index in [1.165, 1.54) is 0 Å². The van der Waals surface area contributed by atoms with E-state index in [1.54, 1.807) is 12.5 Å². The summed E-state index contributed by atoms with van der Waals surface area (Å²) in [6.07, 6.45) is 11.5. The molecule has 1 fully saturated rings. The van der Waals surface area contributed by atoms with Crippen LogP contribution >= 0.6 is 0 Å². The minimum atomic E-state index is 0.116. The van der Waals surface area contributed by atoms with E-state index in [9.17, 15) is 4.79 Å². The number of imidazole rings is 1. The van der Waals surface area contributed by atoms with Gasteiger partial charge in [-0.1, -0.05) is 12.1 Å². The van der Waals surface area contributed by atoms with Crippen molar-refractivity contribution in [3.63, 3.8) is 0 Å². The molecule has 1 aliphatic heterocycles. The summed E-state index contributed by atoms with van der Waals surface area (Å²) >= 11 is 0. The Morgan fingerprint density at radius 3 is 2.81 bits per heavy atom. The Labute approximate surface area is 153 Å². The number of hydrogen-bond acceptors (Lipinski definition) is 3. The van der Waals surface area contributed by atoms with Gasteiger partial charge in [-0.05, 0) is 43.0 Å². The summed E-state index contributed by atoms with van der Waals surface area (Å²) in [4.78, 5) is 19.0. The summed E-state index contributed by atoms with van der Waals surface area (Å²) in [6, 6.07) is 8.13. The Morgan fingerprint density at radius 1 is 1.27 bits per heavy atom. The minimum absolute atomic E-state index is 0.116. The third-order valence-corrected chi connectivity index (χ3v) is 4.92. The van der Waals surface area contributed by atoms with Crippen LogP contribution in [0.15, 0.2) is 55.4 Å². The largest absolute Gasteiger partial charge is 0.334 e. The molecule has 0 bridgehead atoms. The summed E-state index contributed by atoms with van der Waals surface area (Å²) in [7, 11) is 0. The predicted octanol–water partition coefficient (Wildman–Crippen LogP) is 2.74. The van der Waals surface area contributed by atoms with Crippen molar-refractivity contribution in [1.82, 2.24) is 24.2 Å². The molecule has 0 spiro atoms. The van der Waals surface area contributed by atoms with Crippen molar-refractivity contribution < 1.29 is 4.79 Å². The van der Waals surface area contributed by atoms with Gasteiger partial charge in [-0.2, -0.15) is 5.10 Å². The second kappa shape index (κ2) is 7.15. The van der Waals surface area contributed by atoms with Gasteiger partial charge in [0.1, 0.15) is 0 Å². The summed E-state index contributed by atoms with van der Waals surface area (Å²) < 4.78 is 3.96. The smallest absolute Gasteiger partial charge is 0.254 e. The van der Waals surface area contributed by atoms with Crippen LogP contribution in [-0.4, -0.2) is 42.7 Å². The zero-order valence-electron chi connectivity index (χ0n) is 15.0. The number of aromatic nitrogens is 4. The maximum Gasteiger partial charge on any atom is 0.254 e. The number of hydrogen-bond donors (Lipinski definition) is 0. The van der Waals surface area contributed by atoms with Crippen molar-refractivity contribution in [3.05, 3.63) is 72.1 Å². The van der Waals surface area contributed by atoms with Crippen LogP contribution in [-0.2, 0) is 13.1 Å². The number of nitrogens with zero attached hydrogens (tertiary/aromatic N) is 5. The number of carbonyl (C=O) groups is 1. The van der Waals surface area contributed by atoms with E-state index in [2.05, 4.69) is 10.1 Å². The zero-order valence-corrected chi connectivity index (χ0v) is 15.0. The Morgan fingerprint density at radius 2 is 2.12 bits per heavy atom. The second-order valence-electron chi connectivity index (χ2n) is 6.97. The quantitative estimate of drug-likeness (QED) is 0.712. The van der Waals surface area contributed by atoms with E-state index in [-0.39, 0.29) is 11.9 Å². The van der Waals surface area contributed by atoms with Gasteiger partial charge in [0, 0.05) is 37.2 Å². The summed E-state index contributed by atoms with van der Waals surface area (Å²) in [5.74, 6) is 0.116. The van der Waals surface area contributed by atoms with E-state index >= 15 is 0 Å². The SMILES string of the molecule is Cc1cnn(CC2CCCN2C(=O)c2ccc(Cn3ccnc3)cc2)c1. The molecule has 0 saturated carbocycles. The Bertz CT molecular complexity index is 866. The summed E-state index contributed by atoms with van der Waals surface area (Å²) in [5, 5.41) is 4.36. The average molecular weight is 349 g/mol. The molecule has 1 saturated heterocycles. The standard InChI is InChI=1S/C20H23N5O/c1-16-11-22-24(12-16)14-19-3-2-9-25(19)20(26)18-6-4-17(5-7-18)13-23-10-8-21-15-23/h4-8,10-12,15,19H,2-3,9,13-14H2,1H3. The topological polar surface area (TPSA) is 56.0 Å². The highest BCUT2D eigenvalue weighted by molar-refractivity contribution is 5.94. The van der Waals surface area contributed by atoms with Gasteiger partial charge in [-0.25, -0.2) is 4.98 Å². The fraction of sp³-hybridized carbons (Fsp3) is 0.350. The molecule has 26 heavy (non-hydrogen) atoms. The number of rotatable bonds is 5. The minimum Gasteiger partial charge on any atom is -0.334 e. The number of amides is 1. The normalized spacial score (nSPS) is 17.0. The molecule has 1 atom stereocenters. The highest BCUT2D eigenvalue weighted by Gasteiger charge is 2.29. The predicted molar refractivity (Wildman–Crippen MR) is 98.8 cm³/mol. The van der Waals surface area contributed by atoms with Gasteiger partial charge < -0.3 is 9.47 Å². The first-order chi connectivity index (χ1) is 12.7. The molecule has 4 rings (SSSR count). The lowest BCUT2D eigenvalue weighted by Gasteiger charge is -2.25. The van der Waals surface area contributed by atoms with Crippen molar-refractivity contribution in [3.8, 4) is 0 Å². The molecule has 134 valence electrons. The van der Waals surface area contributed by atoms with Crippen LogP contribution in [0.5, 0.6) is 0 Å². The van der Waals surface area contributed by atoms with Gasteiger partial charge in [-0.3, -0.25) is 9.48 Å².